The highest BCUT2D eigenvalue weighted by Gasteiger charge is 2.36. The summed E-state index contributed by atoms with van der Waals surface area (Å²) in [5.41, 5.74) is 4.67. The molecule has 0 aliphatic rings. The molecular formula is C8H10F3N3. The number of aromatic nitrogens is 2. The number of nitrogens with two attached hydrogens (primary N) is 1. The van der Waals surface area contributed by atoms with Crippen LogP contribution < -0.4 is 5.73 Å². The first kappa shape index (κ1) is 10.8. The summed E-state index contributed by atoms with van der Waals surface area (Å²) in [5.74, 6) is 0. The van der Waals surface area contributed by atoms with Crippen LogP contribution in [0.15, 0.2) is 6.08 Å². The normalized spacial score (nSPS) is 12.6. The summed E-state index contributed by atoms with van der Waals surface area (Å²) in [6.45, 7) is 1.72. The first-order chi connectivity index (χ1) is 6.46. The molecule has 1 heterocycles. The second-order valence-corrected chi connectivity index (χ2v) is 2.75. The van der Waals surface area contributed by atoms with Crippen LogP contribution in [0.5, 0.6) is 0 Å². The van der Waals surface area contributed by atoms with Crippen molar-refractivity contribution in [1.82, 2.24) is 10.2 Å². The van der Waals surface area contributed by atoms with Crippen LogP contribution in [-0.2, 0) is 6.18 Å². The third-order valence-corrected chi connectivity index (χ3v) is 1.68. The Bertz CT molecular complexity index is 338. The maximum absolute atomic E-state index is 12.3. The average Bonchev–Trinajstić information content (AvgIpc) is 2.42. The zero-order chi connectivity index (χ0) is 10.8. The second kappa shape index (κ2) is 3.83. The molecule has 0 saturated heterocycles. The van der Waals surface area contributed by atoms with Gasteiger partial charge in [0.05, 0.1) is 0 Å². The zero-order valence-electron chi connectivity index (χ0n) is 7.52. The van der Waals surface area contributed by atoms with Gasteiger partial charge in [-0.2, -0.15) is 18.3 Å². The first-order valence-electron chi connectivity index (χ1n) is 3.95. The van der Waals surface area contributed by atoms with Crippen LogP contribution >= 0.6 is 0 Å². The number of aromatic amines is 1. The molecule has 0 fully saturated rings. The van der Waals surface area contributed by atoms with E-state index in [1.54, 1.807) is 0 Å². The molecule has 0 spiro atoms. The van der Waals surface area contributed by atoms with E-state index < -0.39 is 11.9 Å². The summed E-state index contributed by atoms with van der Waals surface area (Å²) in [7, 11) is 0. The van der Waals surface area contributed by atoms with Crippen molar-refractivity contribution in [1.29, 1.82) is 0 Å². The third kappa shape index (κ3) is 2.14. The maximum Gasteiger partial charge on any atom is 0.435 e. The Morgan fingerprint density at radius 3 is 2.64 bits per heavy atom. The van der Waals surface area contributed by atoms with E-state index in [1.807, 2.05) is 0 Å². The van der Waals surface area contributed by atoms with E-state index in [2.05, 4.69) is 10.2 Å². The molecule has 78 valence electrons. The van der Waals surface area contributed by atoms with E-state index in [4.69, 9.17) is 5.73 Å². The van der Waals surface area contributed by atoms with Gasteiger partial charge in [0, 0.05) is 17.8 Å². The van der Waals surface area contributed by atoms with E-state index in [0.29, 0.717) is 5.69 Å². The van der Waals surface area contributed by atoms with Gasteiger partial charge in [0.2, 0.25) is 0 Å². The molecule has 1 aromatic rings. The maximum atomic E-state index is 12.3. The predicted molar refractivity (Wildman–Crippen MR) is 46.4 cm³/mol. The van der Waals surface area contributed by atoms with Crippen LogP contribution in [0.3, 0.4) is 0 Å². The minimum Gasteiger partial charge on any atom is -0.327 e. The number of aryl methyl sites for hydroxylation is 1. The van der Waals surface area contributed by atoms with Gasteiger partial charge in [0.15, 0.2) is 5.69 Å². The van der Waals surface area contributed by atoms with Gasteiger partial charge in [-0.25, -0.2) is 0 Å². The van der Waals surface area contributed by atoms with Gasteiger partial charge in [-0.1, -0.05) is 12.2 Å². The number of alkyl halides is 3. The zero-order valence-corrected chi connectivity index (χ0v) is 7.52. The van der Waals surface area contributed by atoms with Gasteiger partial charge in [-0.05, 0) is 6.92 Å². The van der Waals surface area contributed by atoms with Crippen molar-refractivity contribution in [3.05, 3.63) is 23.0 Å². The SMILES string of the molecule is Cc1[nH]nc(C(F)(F)F)c1C=CCN. The number of nitrogens with zero attached hydrogens (tertiary/aromatic N) is 1. The molecule has 0 saturated carbocycles. The molecule has 14 heavy (non-hydrogen) atoms. The van der Waals surface area contributed by atoms with Crippen molar-refractivity contribution < 1.29 is 13.2 Å². The number of hydrogen-bond acceptors (Lipinski definition) is 2. The van der Waals surface area contributed by atoms with Gasteiger partial charge in [-0.3, -0.25) is 5.10 Å². The Morgan fingerprint density at radius 2 is 2.14 bits per heavy atom. The molecule has 0 aliphatic carbocycles. The standard InChI is InChI=1S/C8H10F3N3/c1-5-6(3-2-4-12)7(14-13-5)8(9,10)11/h2-3H,4,12H2,1H3,(H,13,14). The van der Waals surface area contributed by atoms with Crippen LogP contribution in [0.2, 0.25) is 0 Å². The van der Waals surface area contributed by atoms with Gasteiger partial charge >= 0.3 is 6.18 Å². The van der Waals surface area contributed by atoms with Crippen LogP contribution in [0, 0.1) is 6.92 Å². The van der Waals surface area contributed by atoms with Crippen LogP contribution in [0.1, 0.15) is 17.0 Å². The molecule has 6 heteroatoms. The highest BCUT2D eigenvalue weighted by Crippen LogP contribution is 2.31. The summed E-state index contributed by atoms with van der Waals surface area (Å²) in [5, 5.41) is 5.49. The molecule has 1 rings (SSSR count). The highest BCUT2D eigenvalue weighted by atomic mass is 19.4. The Morgan fingerprint density at radius 1 is 1.50 bits per heavy atom. The van der Waals surface area contributed by atoms with Crippen molar-refractivity contribution in [2.75, 3.05) is 6.54 Å². The molecule has 0 atom stereocenters. The smallest absolute Gasteiger partial charge is 0.327 e. The van der Waals surface area contributed by atoms with Crippen LogP contribution in [-0.4, -0.2) is 16.7 Å². The van der Waals surface area contributed by atoms with Crippen LogP contribution in [0.25, 0.3) is 6.08 Å². The molecule has 3 nitrogen and oxygen atoms in total. The Labute approximate surface area is 78.8 Å². The van der Waals surface area contributed by atoms with Gasteiger partial charge in [0.25, 0.3) is 0 Å². The largest absolute Gasteiger partial charge is 0.435 e. The molecule has 3 N–H and O–H groups in total. The Hall–Kier alpha value is -1.30. The molecule has 0 aromatic carbocycles. The average molecular weight is 205 g/mol. The summed E-state index contributed by atoms with van der Waals surface area (Å²) < 4.78 is 37.0. The minimum atomic E-state index is -4.43. The van der Waals surface area contributed by atoms with Crippen molar-refractivity contribution in [2.24, 2.45) is 5.73 Å². The first-order valence-corrected chi connectivity index (χ1v) is 3.95. The van der Waals surface area contributed by atoms with E-state index >= 15 is 0 Å². The third-order valence-electron chi connectivity index (χ3n) is 1.68. The minimum absolute atomic E-state index is 0.0444. The molecule has 1 aromatic heterocycles. The lowest BCUT2D eigenvalue weighted by Gasteiger charge is -2.03. The Kier molecular flexibility index (Phi) is 2.95. The van der Waals surface area contributed by atoms with Gasteiger partial charge in [0.1, 0.15) is 0 Å². The fourth-order valence-corrected chi connectivity index (χ4v) is 1.04. The summed E-state index contributed by atoms with van der Waals surface area (Å²) in [6.07, 6.45) is -1.66. The Balaban J connectivity index is 3.13. The predicted octanol–water partition coefficient (Wildman–Crippen LogP) is 1.71. The summed E-state index contributed by atoms with van der Waals surface area (Å²) in [6, 6.07) is 0. The second-order valence-electron chi connectivity index (χ2n) is 2.75. The van der Waals surface area contributed by atoms with Gasteiger partial charge in [-0.15, -0.1) is 0 Å². The van der Waals surface area contributed by atoms with Crippen molar-refractivity contribution in [3.8, 4) is 0 Å². The van der Waals surface area contributed by atoms with Gasteiger partial charge < -0.3 is 5.73 Å². The topological polar surface area (TPSA) is 54.7 Å². The van der Waals surface area contributed by atoms with Crippen molar-refractivity contribution in [2.45, 2.75) is 13.1 Å². The fraction of sp³-hybridized carbons (Fsp3) is 0.375. The molecule has 0 radical (unpaired) electrons. The number of nitrogens with one attached hydrogen (secondary N) is 1. The molecule has 0 unspecified atom stereocenters. The molecule has 0 bridgehead atoms. The number of halogens is 3. The van der Waals surface area contributed by atoms with E-state index in [9.17, 15) is 13.2 Å². The van der Waals surface area contributed by atoms with Crippen molar-refractivity contribution in [3.63, 3.8) is 0 Å². The monoisotopic (exact) mass is 205 g/mol. The van der Waals surface area contributed by atoms with Crippen molar-refractivity contribution >= 4 is 6.08 Å². The lowest BCUT2D eigenvalue weighted by molar-refractivity contribution is -0.141. The lowest BCUT2D eigenvalue weighted by Crippen LogP contribution is -2.07. The lowest BCUT2D eigenvalue weighted by atomic mass is 10.1. The van der Waals surface area contributed by atoms with Crippen LogP contribution in [0.4, 0.5) is 13.2 Å². The summed E-state index contributed by atoms with van der Waals surface area (Å²) in [4.78, 5) is 0. The number of hydrogen-bond donors (Lipinski definition) is 2. The molecule has 0 amide bonds. The molecule has 0 aliphatic heterocycles. The van der Waals surface area contributed by atoms with E-state index in [0.717, 1.165) is 0 Å². The van der Waals surface area contributed by atoms with E-state index in [-0.39, 0.29) is 12.1 Å². The molecular weight excluding hydrogens is 195 g/mol. The summed E-state index contributed by atoms with van der Waals surface area (Å²) >= 11 is 0. The quantitative estimate of drug-likeness (QED) is 0.772. The highest BCUT2D eigenvalue weighted by molar-refractivity contribution is 5.55. The number of rotatable bonds is 2. The van der Waals surface area contributed by atoms with E-state index in [1.165, 1.54) is 19.1 Å². The number of H-pyrrole nitrogens is 1. The fourth-order valence-electron chi connectivity index (χ4n) is 1.04.